The lowest BCUT2D eigenvalue weighted by Gasteiger charge is -2.30. The van der Waals surface area contributed by atoms with Gasteiger partial charge in [0.05, 0.1) is 0 Å². The fraction of sp³-hybridized carbons (Fsp3) is 1.00. The lowest BCUT2D eigenvalue weighted by atomic mass is 10.2. The molecule has 0 aromatic rings. The molecule has 0 amide bonds. The highest BCUT2D eigenvalue weighted by molar-refractivity contribution is 6.46. The molecule has 0 aromatic carbocycles. The van der Waals surface area contributed by atoms with Crippen LogP contribution in [0.25, 0.3) is 0 Å². The smallest absolute Gasteiger partial charge is 0.324 e. The molecular weight excluding hydrogens is 737 g/mol. The summed E-state index contributed by atoms with van der Waals surface area (Å²) in [6.45, 7) is 36.8. The number of nitrogens with zero attached hydrogens (tertiary/aromatic N) is 2. The molecule has 0 rings (SSSR count). The van der Waals surface area contributed by atoms with E-state index in [1.807, 2.05) is 0 Å². The maximum atomic E-state index is 6.20. The van der Waals surface area contributed by atoms with Crippen LogP contribution in [0.2, 0.25) is 22.2 Å². The molecule has 10 nitrogen and oxygen atoms in total. The highest BCUT2D eigenvalue weighted by Gasteiger charge is 2.24. The Morgan fingerprint density at radius 3 is 1.09 bits per heavy atom. The van der Waals surface area contributed by atoms with Gasteiger partial charge >= 0.3 is 18.6 Å². The summed E-state index contributed by atoms with van der Waals surface area (Å²) in [7, 11) is -4.39. The normalized spacial score (nSPS) is 15.1. The number of ether oxygens (including phenoxy) is 2. The Labute approximate surface area is 337 Å². The zero-order chi connectivity index (χ0) is 39.4. The van der Waals surface area contributed by atoms with Gasteiger partial charge in [-0.15, -0.1) is 0 Å². The van der Waals surface area contributed by atoms with Gasteiger partial charge in [0.1, 0.15) is 0 Å². The topological polar surface area (TPSA) is 80.3 Å². The molecule has 0 aliphatic carbocycles. The van der Waals surface area contributed by atoms with Gasteiger partial charge in [-0.25, -0.2) is 0 Å². The van der Waals surface area contributed by atoms with E-state index in [1.165, 1.54) is 19.3 Å². The highest BCUT2D eigenvalue weighted by atomic mass is 28.3. The molecule has 0 bridgehead atoms. The second-order valence-corrected chi connectivity index (χ2v) is 24.2. The third kappa shape index (κ3) is 32.2. The Morgan fingerprint density at radius 1 is 0.415 bits per heavy atom. The quantitative estimate of drug-likeness (QED) is 0.0513. The average Bonchev–Trinajstić information content (AvgIpc) is 3.15. The lowest BCUT2D eigenvalue weighted by molar-refractivity contribution is 0.139. The van der Waals surface area contributed by atoms with Crippen LogP contribution in [0.1, 0.15) is 127 Å². The van der Waals surface area contributed by atoms with Gasteiger partial charge in [-0.3, -0.25) is 0 Å². The first kappa shape index (κ1) is 53.5. The van der Waals surface area contributed by atoms with Crippen molar-refractivity contribution in [2.24, 2.45) is 0 Å². The Morgan fingerprint density at radius 2 is 0.755 bits per heavy atom. The highest BCUT2D eigenvalue weighted by Crippen LogP contribution is 2.21. The molecule has 0 N–H and O–H groups in total. The molecule has 4 unspecified atom stereocenters. The fourth-order valence-corrected chi connectivity index (χ4v) is 12.2. The van der Waals surface area contributed by atoms with Gasteiger partial charge in [0.25, 0.3) is 0 Å². The third-order valence-corrected chi connectivity index (χ3v) is 17.9. The van der Waals surface area contributed by atoms with Gasteiger partial charge in [-0.05, 0) is 161 Å². The lowest BCUT2D eigenvalue weighted by Crippen LogP contribution is -2.36. The molecule has 4 atom stereocenters. The number of hydrogen-bond donors (Lipinski definition) is 0. The summed E-state index contributed by atoms with van der Waals surface area (Å²) < 4.78 is 47.8. The van der Waals surface area contributed by atoms with Crippen LogP contribution in [0.3, 0.4) is 0 Å². The Hall–Kier alpha value is 0.468. The van der Waals surface area contributed by atoms with Crippen LogP contribution in [0, 0.1) is 0 Å². The van der Waals surface area contributed by atoms with E-state index in [2.05, 4.69) is 79.0 Å². The summed E-state index contributed by atoms with van der Waals surface area (Å²) in [6.07, 6.45) is 10.3. The number of hydrogen-bond acceptors (Lipinski definition) is 10. The summed E-state index contributed by atoms with van der Waals surface area (Å²) in [5, 5.41) is 0. The van der Waals surface area contributed by atoms with E-state index in [4.69, 9.17) is 36.0 Å². The van der Waals surface area contributed by atoms with Crippen molar-refractivity contribution in [1.29, 1.82) is 0 Å². The van der Waals surface area contributed by atoms with E-state index >= 15 is 0 Å². The standard InChI is InChI=1S/C39H90N2O8Si4/c1-11-42-32-17-19-34-44-50-36(7)22-28-40(30-24-38(9)52(46-13-3)47-14-4)26-21-27-41(31-25-39(10)53(48-15-5)49-16-6)29-23-37(8)51-45-35-20-18-33-43-12-2/h36-39,52-53H,11-35,50-51H2,1-10H3. The van der Waals surface area contributed by atoms with Crippen molar-refractivity contribution in [2.75, 3.05) is 105 Å². The first-order valence-corrected chi connectivity index (χ1v) is 28.0. The largest absolute Gasteiger partial charge is 0.424 e. The monoisotopic (exact) mass is 827 g/mol. The summed E-state index contributed by atoms with van der Waals surface area (Å²) in [5.41, 5.74) is 2.35. The van der Waals surface area contributed by atoms with Crippen molar-refractivity contribution in [2.45, 2.75) is 149 Å². The predicted octanol–water partition coefficient (Wildman–Crippen LogP) is 6.36. The minimum Gasteiger partial charge on any atom is -0.424 e. The van der Waals surface area contributed by atoms with E-state index in [0.29, 0.717) is 22.2 Å². The summed E-state index contributed by atoms with van der Waals surface area (Å²) in [6, 6.07) is 0. The maximum absolute atomic E-state index is 6.20. The van der Waals surface area contributed by atoms with Crippen LogP contribution < -0.4 is 0 Å². The summed E-state index contributed by atoms with van der Waals surface area (Å²) in [4.78, 5) is 5.46. The zero-order valence-electron chi connectivity index (χ0n) is 36.7. The minimum absolute atomic E-state index is 0.493. The Balaban J connectivity index is 5.31. The second kappa shape index (κ2) is 39.3. The van der Waals surface area contributed by atoms with E-state index in [1.54, 1.807) is 0 Å². The number of rotatable bonds is 42. The molecule has 0 spiro atoms. The van der Waals surface area contributed by atoms with E-state index in [9.17, 15) is 0 Å². The second-order valence-electron chi connectivity index (χ2n) is 14.9. The molecule has 0 aliphatic heterocycles. The molecule has 0 saturated heterocycles. The predicted molar refractivity (Wildman–Crippen MR) is 235 cm³/mol. The molecule has 320 valence electrons. The molecule has 14 heteroatoms. The van der Waals surface area contributed by atoms with Gasteiger partial charge in [0.15, 0.2) is 19.5 Å². The SMILES string of the molecule is CCOCCCCO[SiH2]C(C)CCN(CCCN(CCC(C)[SiH2]OCCCCOCC)CCC(C)[SiH](OCC)OCC)CCC(C)[SiH](OCC)OCC. The molecule has 0 saturated carbocycles. The van der Waals surface area contributed by atoms with Crippen molar-refractivity contribution in [1.82, 2.24) is 9.80 Å². The van der Waals surface area contributed by atoms with Crippen molar-refractivity contribution in [3.05, 3.63) is 0 Å². The minimum atomic E-state index is -1.66. The summed E-state index contributed by atoms with van der Waals surface area (Å²) in [5.74, 6) is 0. The molecule has 0 aromatic heterocycles. The van der Waals surface area contributed by atoms with Crippen LogP contribution in [0.4, 0.5) is 0 Å². The average molecular weight is 827 g/mol. The summed E-state index contributed by atoms with van der Waals surface area (Å²) >= 11 is 0. The first-order chi connectivity index (χ1) is 25.8. The van der Waals surface area contributed by atoms with Crippen molar-refractivity contribution < 1.29 is 36.0 Å². The fourth-order valence-electron chi connectivity index (χ4n) is 6.29. The van der Waals surface area contributed by atoms with E-state index in [-0.39, 0.29) is 0 Å². The van der Waals surface area contributed by atoms with Crippen molar-refractivity contribution >= 4 is 38.1 Å². The number of unbranched alkanes of at least 4 members (excludes halogenated alkanes) is 2. The van der Waals surface area contributed by atoms with Crippen LogP contribution >= 0.6 is 0 Å². The zero-order valence-corrected chi connectivity index (χ0v) is 41.9. The van der Waals surface area contributed by atoms with E-state index in [0.717, 1.165) is 144 Å². The molecular formula is C39H90N2O8Si4. The van der Waals surface area contributed by atoms with Gasteiger partial charge in [0.2, 0.25) is 0 Å². The Kier molecular flexibility index (Phi) is 39.6. The molecule has 0 heterocycles. The maximum Gasteiger partial charge on any atom is 0.324 e. The van der Waals surface area contributed by atoms with Gasteiger partial charge < -0.3 is 45.8 Å². The van der Waals surface area contributed by atoms with Crippen LogP contribution in [0.15, 0.2) is 0 Å². The van der Waals surface area contributed by atoms with Gasteiger partial charge in [0, 0.05) is 66.1 Å². The van der Waals surface area contributed by atoms with Gasteiger partial charge in [-0.2, -0.15) is 0 Å². The van der Waals surface area contributed by atoms with Crippen molar-refractivity contribution in [3.8, 4) is 0 Å². The first-order valence-electron chi connectivity index (χ1n) is 22.0. The molecule has 0 fully saturated rings. The third-order valence-electron chi connectivity index (χ3n) is 9.75. The van der Waals surface area contributed by atoms with Gasteiger partial charge in [-0.1, -0.05) is 27.7 Å². The molecule has 0 radical (unpaired) electrons. The van der Waals surface area contributed by atoms with Crippen LogP contribution in [-0.4, -0.2) is 153 Å². The van der Waals surface area contributed by atoms with E-state index < -0.39 is 38.1 Å². The molecule has 53 heavy (non-hydrogen) atoms. The molecule has 0 aliphatic rings. The van der Waals surface area contributed by atoms with Crippen LogP contribution in [0.5, 0.6) is 0 Å². The Bertz CT molecular complexity index is 688. The van der Waals surface area contributed by atoms with Crippen molar-refractivity contribution in [3.63, 3.8) is 0 Å². The van der Waals surface area contributed by atoms with Crippen LogP contribution in [-0.2, 0) is 36.0 Å².